The fourth-order valence-corrected chi connectivity index (χ4v) is 4.94. The molecule has 29 heavy (non-hydrogen) atoms. The highest BCUT2D eigenvalue weighted by Crippen LogP contribution is 2.39. The SMILES string of the molecule is CC1(C)Cc2c(C#N)c(SCc3ccc(Br)cc3)nc(N3CCOCC3)c2CO1. The first-order valence-electron chi connectivity index (χ1n) is 9.76. The van der Waals surface area contributed by atoms with Crippen LogP contribution in [0.4, 0.5) is 5.82 Å². The zero-order valence-corrected chi connectivity index (χ0v) is 19.1. The lowest BCUT2D eigenvalue weighted by Crippen LogP contribution is -2.39. The summed E-state index contributed by atoms with van der Waals surface area (Å²) in [6.45, 7) is 7.68. The highest BCUT2D eigenvalue weighted by atomic mass is 79.9. The summed E-state index contributed by atoms with van der Waals surface area (Å²) in [7, 11) is 0. The van der Waals surface area contributed by atoms with E-state index in [2.05, 4.69) is 52.9 Å². The summed E-state index contributed by atoms with van der Waals surface area (Å²) in [5.74, 6) is 1.73. The van der Waals surface area contributed by atoms with Gasteiger partial charge in [-0.25, -0.2) is 4.98 Å². The number of fused-ring (bicyclic) bond motifs is 1. The van der Waals surface area contributed by atoms with E-state index in [1.54, 1.807) is 11.8 Å². The van der Waals surface area contributed by atoms with Crippen molar-refractivity contribution in [1.29, 1.82) is 5.26 Å². The van der Waals surface area contributed by atoms with E-state index < -0.39 is 0 Å². The Balaban J connectivity index is 1.73. The van der Waals surface area contributed by atoms with Gasteiger partial charge in [0.05, 0.1) is 31.0 Å². The third kappa shape index (κ3) is 4.61. The highest BCUT2D eigenvalue weighted by Gasteiger charge is 2.33. The van der Waals surface area contributed by atoms with Crippen molar-refractivity contribution < 1.29 is 9.47 Å². The Bertz CT molecular complexity index is 935. The molecule has 4 rings (SSSR count). The van der Waals surface area contributed by atoms with Crippen LogP contribution in [-0.2, 0) is 28.3 Å². The number of morpholine rings is 1. The van der Waals surface area contributed by atoms with Gasteiger partial charge in [0, 0.05) is 35.3 Å². The van der Waals surface area contributed by atoms with Gasteiger partial charge in [0.25, 0.3) is 0 Å². The fourth-order valence-electron chi connectivity index (χ4n) is 3.71. The maximum Gasteiger partial charge on any atom is 0.135 e. The van der Waals surface area contributed by atoms with Crippen LogP contribution in [0.1, 0.15) is 36.1 Å². The van der Waals surface area contributed by atoms with Crippen LogP contribution in [0.2, 0.25) is 0 Å². The van der Waals surface area contributed by atoms with Crippen molar-refractivity contribution in [1.82, 2.24) is 4.98 Å². The molecular formula is C22H24BrN3O2S. The molecule has 0 radical (unpaired) electrons. The molecule has 0 bridgehead atoms. The van der Waals surface area contributed by atoms with Crippen molar-refractivity contribution in [3.05, 3.63) is 51.0 Å². The molecule has 5 nitrogen and oxygen atoms in total. The molecule has 0 atom stereocenters. The van der Waals surface area contributed by atoms with Crippen molar-refractivity contribution in [3.63, 3.8) is 0 Å². The fraction of sp³-hybridized carbons (Fsp3) is 0.455. The summed E-state index contributed by atoms with van der Waals surface area (Å²) in [4.78, 5) is 7.26. The van der Waals surface area contributed by atoms with Crippen molar-refractivity contribution in [2.75, 3.05) is 31.2 Å². The number of halogens is 1. The Labute approximate surface area is 184 Å². The van der Waals surface area contributed by atoms with Crippen LogP contribution in [-0.4, -0.2) is 36.9 Å². The number of nitriles is 1. The van der Waals surface area contributed by atoms with E-state index in [4.69, 9.17) is 14.5 Å². The van der Waals surface area contributed by atoms with Crippen molar-refractivity contribution in [2.24, 2.45) is 0 Å². The van der Waals surface area contributed by atoms with E-state index in [1.807, 2.05) is 12.1 Å². The maximum absolute atomic E-state index is 10.00. The molecular weight excluding hydrogens is 450 g/mol. The minimum Gasteiger partial charge on any atom is -0.378 e. The maximum atomic E-state index is 10.00. The molecule has 3 heterocycles. The molecule has 0 unspecified atom stereocenters. The third-order valence-corrected chi connectivity index (χ3v) is 6.85. The molecule has 1 saturated heterocycles. The van der Waals surface area contributed by atoms with Gasteiger partial charge in [0.15, 0.2) is 0 Å². The zero-order valence-electron chi connectivity index (χ0n) is 16.7. The monoisotopic (exact) mass is 473 g/mol. The Kier molecular flexibility index (Phi) is 6.16. The third-order valence-electron chi connectivity index (χ3n) is 5.28. The Morgan fingerprint density at radius 2 is 1.93 bits per heavy atom. The second kappa shape index (κ2) is 8.65. The summed E-state index contributed by atoms with van der Waals surface area (Å²) in [6, 6.07) is 10.7. The lowest BCUT2D eigenvalue weighted by molar-refractivity contribution is -0.0402. The molecule has 0 aliphatic carbocycles. The molecule has 1 aromatic heterocycles. The second-order valence-corrected chi connectivity index (χ2v) is 9.80. The second-order valence-electron chi connectivity index (χ2n) is 7.92. The van der Waals surface area contributed by atoms with Gasteiger partial charge >= 0.3 is 0 Å². The summed E-state index contributed by atoms with van der Waals surface area (Å²) in [5, 5.41) is 10.8. The average molecular weight is 474 g/mol. The molecule has 0 saturated carbocycles. The summed E-state index contributed by atoms with van der Waals surface area (Å²) in [6.07, 6.45) is 0.719. The molecule has 0 N–H and O–H groups in total. The van der Waals surface area contributed by atoms with E-state index in [9.17, 15) is 5.26 Å². The van der Waals surface area contributed by atoms with Crippen LogP contribution >= 0.6 is 27.7 Å². The number of anilines is 1. The molecule has 2 aromatic rings. The van der Waals surface area contributed by atoms with Crippen molar-refractivity contribution in [3.8, 4) is 6.07 Å². The van der Waals surface area contributed by atoms with Crippen LogP contribution in [0.5, 0.6) is 0 Å². The van der Waals surface area contributed by atoms with E-state index in [-0.39, 0.29) is 5.60 Å². The Hall–Kier alpha value is -1.59. The largest absolute Gasteiger partial charge is 0.378 e. The first kappa shape index (κ1) is 20.7. The van der Waals surface area contributed by atoms with Gasteiger partial charge in [0.2, 0.25) is 0 Å². The predicted octanol–water partition coefficient (Wildman–Crippen LogP) is 4.70. The van der Waals surface area contributed by atoms with Gasteiger partial charge in [-0.1, -0.05) is 28.1 Å². The number of nitrogens with zero attached hydrogens (tertiary/aromatic N) is 3. The van der Waals surface area contributed by atoms with Crippen LogP contribution in [0.15, 0.2) is 33.8 Å². The smallest absolute Gasteiger partial charge is 0.135 e. The minimum absolute atomic E-state index is 0.282. The standard InChI is InChI=1S/C22H24BrN3O2S/c1-22(2)11-17-18(12-24)21(29-14-15-3-5-16(23)6-4-15)25-20(19(17)13-28-22)26-7-9-27-10-8-26/h3-6H,7-11,13-14H2,1-2H3. The van der Waals surface area contributed by atoms with Gasteiger partial charge in [-0.2, -0.15) is 5.26 Å². The number of pyridine rings is 1. The van der Waals surface area contributed by atoms with Gasteiger partial charge in [0.1, 0.15) is 16.9 Å². The lowest BCUT2D eigenvalue weighted by Gasteiger charge is -2.36. The van der Waals surface area contributed by atoms with Gasteiger partial charge in [-0.05, 0) is 37.1 Å². The molecule has 0 amide bonds. The molecule has 7 heteroatoms. The van der Waals surface area contributed by atoms with Crippen molar-refractivity contribution in [2.45, 2.75) is 43.3 Å². The number of aromatic nitrogens is 1. The van der Waals surface area contributed by atoms with Crippen LogP contribution < -0.4 is 4.90 Å². The molecule has 2 aliphatic heterocycles. The van der Waals surface area contributed by atoms with Gasteiger partial charge in [-0.3, -0.25) is 0 Å². The predicted molar refractivity (Wildman–Crippen MR) is 118 cm³/mol. The van der Waals surface area contributed by atoms with Crippen LogP contribution in [0.25, 0.3) is 0 Å². The number of thioether (sulfide) groups is 1. The average Bonchev–Trinajstić information content (AvgIpc) is 2.72. The van der Waals surface area contributed by atoms with Crippen molar-refractivity contribution >= 4 is 33.5 Å². The van der Waals surface area contributed by atoms with Gasteiger partial charge < -0.3 is 14.4 Å². The van der Waals surface area contributed by atoms with E-state index in [0.717, 1.165) is 51.7 Å². The van der Waals surface area contributed by atoms with E-state index in [0.29, 0.717) is 25.4 Å². The number of benzene rings is 1. The minimum atomic E-state index is -0.282. The summed E-state index contributed by atoms with van der Waals surface area (Å²) in [5.41, 5.74) is 3.79. The Morgan fingerprint density at radius 1 is 1.21 bits per heavy atom. The number of hydrogen-bond donors (Lipinski definition) is 0. The molecule has 1 fully saturated rings. The van der Waals surface area contributed by atoms with Crippen LogP contribution in [0, 0.1) is 11.3 Å². The molecule has 152 valence electrons. The lowest BCUT2D eigenvalue weighted by atomic mass is 9.89. The summed E-state index contributed by atoms with van der Waals surface area (Å²) >= 11 is 5.11. The summed E-state index contributed by atoms with van der Waals surface area (Å²) < 4.78 is 12.7. The topological polar surface area (TPSA) is 58.4 Å². The normalized spacial score (nSPS) is 18.2. The first-order valence-corrected chi connectivity index (χ1v) is 11.5. The number of ether oxygens (including phenoxy) is 2. The van der Waals surface area contributed by atoms with E-state index in [1.165, 1.54) is 5.56 Å². The highest BCUT2D eigenvalue weighted by molar-refractivity contribution is 9.10. The molecule has 2 aliphatic rings. The van der Waals surface area contributed by atoms with Gasteiger partial charge in [-0.15, -0.1) is 11.8 Å². The van der Waals surface area contributed by atoms with Crippen LogP contribution in [0.3, 0.4) is 0 Å². The van der Waals surface area contributed by atoms with E-state index >= 15 is 0 Å². The molecule has 0 spiro atoms. The molecule has 1 aromatic carbocycles. The quantitative estimate of drug-likeness (QED) is 0.599. The number of hydrogen-bond acceptors (Lipinski definition) is 6. The Morgan fingerprint density at radius 3 is 2.62 bits per heavy atom. The number of rotatable bonds is 4. The zero-order chi connectivity index (χ0) is 20.4. The first-order chi connectivity index (χ1) is 14.0.